The highest BCUT2D eigenvalue weighted by Gasteiger charge is 1.93. The first kappa shape index (κ1) is 10.1. The fourth-order valence-corrected chi connectivity index (χ4v) is 1.13. The molecule has 0 unspecified atom stereocenters. The zero-order chi connectivity index (χ0) is 9.52. The largest absolute Gasteiger partial charge is 0.492 e. The zero-order valence-electron chi connectivity index (χ0n) is 8.34. The van der Waals surface area contributed by atoms with Crippen LogP contribution in [0.1, 0.15) is 12.5 Å². The van der Waals surface area contributed by atoms with Crippen LogP contribution in [0.15, 0.2) is 24.3 Å². The smallest absolute Gasteiger partial charge is 0.119 e. The Morgan fingerprint density at radius 3 is 2.92 bits per heavy atom. The second-order valence-corrected chi connectivity index (χ2v) is 2.95. The summed E-state index contributed by atoms with van der Waals surface area (Å²) in [5, 5.41) is 3.04. The third-order valence-corrected chi connectivity index (χ3v) is 1.93. The van der Waals surface area contributed by atoms with Crippen molar-refractivity contribution in [2.45, 2.75) is 13.3 Å². The molecule has 0 atom stereocenters. The van der Waals surface area contributed by atoms with Crippen LogP contribution in [0.2, 0.25) is 0 Å². The molecular formula is C11H17NO. The minimum atomic E-state index is 0.726. The summed E-state index contributed by atoms with van der Waals surface area (Å²) in [4.78, 5) is 0. The van der Waals surface area contributed by atoms with E-state index >= 15 is 0 Å². The molecule has 2 heteroatoms. The zero-order valence-corrected chi connectivity index (χ0v) is 8.34. The fraction of sp³-hybridized carbons (Fsp3) is 0.455. The van der Waals surface area contributed by atoms with Crippen LogP contribution in [0.4, 0.5) is 0 Å². The number of aryl methyl sites for hydroxylation is 1. The summed E-state index contributed by atoms with van der Waals surface area (Å²) >= 11 is 0. The second kappa shape index (κ2) is 5.60. The van der Waals surface area contributed by atoms with Gasteiger partial charge in [-0.05, 0) is 31.2 Å². The van der Waals surface area contributed by atoms with Gasteiger partial charge in [-0.3, -0.25) is 0 Å². The van der Waals surface area contributed by atoms with Crippen molar-refractivity contribution in [3.05, 3.63) is 29.8 Å². The van der Waals surface area contributed by atoms with Gasteiger partial charge < -0.3 is 10.1 Å². The van der Waals surface area contributed by atoms with Crippen molar-refractivity contribution in [2.24, 2.45) is 0 Å². The molecule has 0 aliphatic heterocycles. The second-order valence-electron chi connectivity index (χ2n) is 2.95. The van der Waals surface area contributed by atoms with E-state index in [-0.39, 0.29) is 0 Å². The predicted molar refractivity (Wildman–Crippen MR) is 55.2 cm³/mol. The Morgan fingerprint density at radius 1 is 1.38 bits per heavy atom. The summed E-state index contributed by atoms with van der Waals surface area (Å²) in [5.74, 6) is 0.967. The molecule has 0 radical (unpaired) electrons. The Bertz CT molecular complexity index is 248. The van der Waals surface area contributed by atoms with E-state index in [0.29, 0.717) is 0 Å². The first-order valence-electron chi connectivity index (χ1n) is 4.73. The van der Waals surface area contributed by atoms with Crippen LogP contribution in [0.5, 0.6) is 5.75 Å². The molecule has 0 aliphatic carbocycles. The van der Waals surface area contributed by atoms with E-state index in [4.69, 9.17) is 4.74 Å². The van der Waals surface area contributed by atoms with Crippen molar-refractivity contribution < 1.29 is 4.74 Å². The summed E-state index contributed by atoms with van der Waals surface area (Å²) in [6.07, 6.45) is 1.06. The van der Waals surface area contributed by atoms with Crippen LogP contribution in [0.25, 0.3) is 0 Å². The third kappa shape index (κ3) is 3.47. The van der Waals surface area contributed by atoms with Gasteiger partial charge in [0.05, 0.1) is 0 Å². The van der Waals surface area contributed by atoms with Gasteiger partial charge in [0.2, 0.25) is 0 Å². The maximum absolute atomic E-state index is 5.53. The van der Waals surface area contributed by atoms with Gasteiger partial charge in [0.1, 0.15) is 12.4 Å². The number of benzene rings is 1. The maximum Gasteiger partial charge on any atom is 0.119 e. The summed E-state index contributed by atoms with van der Waals surface area (Å²) in [6, 6.07) is 8.24. The van der Waals surface area contributed by atoms with Crippen LogP contribution < -0.4 is 10.1 Å². The molecule has 13 heavy (non-hydrogen) atoms. The Balaban J connectivity index is 2.46. The molecule has 1 rings (SSSR count). The third-order valence-electron chi connectivity index (χ3n) is 1.93. The Morgan fingerprint density at radius 2 is 2.23 bits per heavy atom. The predicted octanol–water partition coefficient (Wildman–Crippen LogP) is 1.85. The fourth-order valence-electron chi connectivity index (χ4n) is 1.13. The molecular weight excluding hydrogens is 162 g/mol. The van der Waals surface area contributed by atoms with Crippen LogP contribution in [-0.2, 0) is 6.42 Å². The molecule has 0 saturated heterocycles. The molecule has 0 amide bonds. The normalized spacial score (nSPS) is 10.0. The van der Waals surface area contributed by atoms with Crippen molar-refractivity contribution in [3.63, 3.8) is 0 Å². The number of ether oxygens (including phenoxy) is 1. The molecule has 0 bridgehead atoms. The van der Waals surface area contributed by atoms with Crippen molar-refractivity contribution in [2.75, 3.05) is 20.2 Å². The SMILES string of the molecule is CCc1cccc(OCCNC)c1. The monoisotopic (exact) mass is 179 g/mol. The number of rotatable bonds is 5. The highest BCUT2D eigenvalue weighted by Crippen LogP contribution is 2.13. The van der Waals surface area contributed by atoms with Gasteiger partial charge in [0.25, 0.3) is 0 Å². The van der Waals surface area contributed by atoms with Gasteiger partial charge in [-0.1, -0.05) is 19.1 Å². The van der Waals surface area contributed by atoms with Gasteiger partial charge in [-0.2, -0.15) is 0 Å². The van der Waals surface area contributed by atoms with E-state index in [1.54, 1.807) is 0 Å². The van der Waals surface area contributed by atoms with E-state index in [0.717, 1.165) is 25.3 Å². The molecule has 0 spiro atoms. The van der Waals surface area contributed by atoms with Crippen LogP contribution >= 0.6 is 0 Å². The lowest BCUT2D eigenvalue weighted by Crippen LogP contribution is -2.15. The molecule has 2 nitrogen and oxygen atoms in total. The van der Waals surface area contributed by atoms with E-state index in [2.05, 4.69) is 24.4 Å². The highest BCUT2D eigenvalue weighted by atomic mass is 16.5. The molecule has 1 aromatic rings. The van der Waals surface area contributed by atoms with Gasteiger partial charge in [-0.25, -0.2) is 0 Å². The number of hydrogen-bond donors (Lipinski definition) is 1. The topological polar surface area (TPSA) is 21.3 Å². The molecule has 0 saturated carbocycles. The number of likely N-dealkylation sites (N-methyl/N-ethyl adjacent to an activating group) is 1. The summed E-state index contributed by atoms with van der Waals surface area (Å²) in [5.41, 5.74) is 1.32. The van der Waals surface area contributed by atoms with Gasteiger partial charge in [0.15, 0.2) is 0 Å². The molecule has 0 heterocycles. The number of hydrogen-bond acceptors (Lipinski definition) is 2. The van der Waals surface area contributed by atoms with Crippen LogP contribution in [0, 0.1) is 0 Å². The molecule has 1 N–H and O–H groups in total. The van der Waals surface area contributed by atoms with Crippen molar-refractivity contribution in [1.29, 1.82) is 0 Å². The van der Waals surface area contributed by atoms with Crippen LogP contribution in [-0.4, -0.2) is 20.2 Å². The van der Waals surface area contributed by atoms with Crippen molar-refractivity contribution in [3.8, 4) is 5.75 Å². The first-order chi connectivity index (χ1) is 6.36. The standard InChI is InChI=1S/C11H17NO/c1-3-10-5-4-6-11(9-10)13-8-7-12-2/h4-6,9,12H,3,7-8H2,1-2H3. The van der Waals surface area contributed by atoms with E-state index in [9.17, 15) is 0 Å². The lowest BCUT2D eigenvalue weighted by atomic mass is 10.2. The molecule has 0 aromatic heterocycles. The average molecular weight is 179 g/mol. The summed E-state index contributed by atoms with van der Waals surface area (Å²) in [6.45, 7) is 3.76. The van der Waals surface area contributed by atoms with Gasteiger partial charge in [0, 0.05) is 6.54 Å². The first-order valence-corrected chi connectivity index (χ1v) is 4.73. The number of nitrogens with one attached hydrogen (secondary N) is 1. The lowest BCUT2D eigenvalue weighted by molar-refractivity contribution is 0.318. The van der Waals surface area contributed by atoms with Gasteiger partial charge in [-0.15, -0.1) is 0 Å². The van der Waals surface area contributed by atoms with Crippen molar-refractivity contribution >= 4 is 0 Å². The van der Waals surface area contributed by atoms with Gasteiger partial charge >= 0.3 is 0 Å². The molecule has 72 valence electrons. The van der Waals surface area contributed by atoms with E-state index in [1.165, 1.54) is 5.56 Å². The Labute approximate surface area is 79.9 Å². The highest BCUT2D eigenvalue weighted by molar-refractivity contribution is 5.28. The minimum absolute atomic E-state index is 0.726. The van der Waals surface area contributed by atoms with E-state index < -0.39 is 0 Å². The van der Waals surface area contributed by atoms with Crippen LogP contribution in [0.3, 0.4) is 0 Å². The summed E-state index contributed by atoms with van der Waals surface area (Å²) in [7, 11) is 1.92. The van der Waals surface area contributed by atoms with E-state index in [1.807, 2.05) is 19.2 Å². The average Bonchev–Trinajstić information content (AvgIpc) is 2.19. The Hall–Kier alpha value is -1.02. The molecule has 1 aromatic carbocycles. The Kier molecular flexibility index (Phi) is 4.33. The molecule has 0 fully saturated rings. The molecule has 0 aliphatic rings. The summed E-state index contributed by atoms with van der Waals surface area (Å²) < 4.78 is 5.53. The quantitative estimate of drug-likeness (QED) is 0.696. The minimum Gasteiger partial charge on any atom is -0.492 e. The lowest BCUT2D eigenvalue weighted by Gasteiger charge is -2.06. The van der Waals surface area contributed by atoms with Crippen molar-refractivity contribution in [1.82, 2.24) is 5.32 Å². The maximum atomic E-state index is 5.53.